The van der Waals surface area contributed by atoms with Gasteiger partial charge in [-0.1, -0.05) is 77.8 Å². The number of benzene rings is 4. The second-order valence-electron chi connectivity index (χ2n) is 9.17. The summed E-state index contributed by atoms with van der Waals surface area (Å²) in [5.41, 5.74) is 4.23. The van der Waals surface area contributed by atoms with Gasteiger partial charge >= 0.3 is 0 Å². The molecule has 0 heterocycles. The van der Waals surface area contributed by atoms with E-state index < -0.39 is 0 Å². The fraction of sp³-hybridized carbons (Fsp3) is 0.161. The molecular formula is C31H29Cl2N3O2. The van der Waals surface area contributed by atoms with E-state index in [4.69, 9.17) is 23.2 Å². The zero-order valence-corrected chi connectivity index (χ0v) is 23.0. The molecule has 1 atom stereocenters. The summed E-state index contributed by atoms with van der Waals surface area (Å²) in [7, 11) is 3.89. The number of nitrogens with one attached hydrogen (secondary N) is 1. The minimum absolute atomic E-state index is 0.179. The molecule has 5 nitrogen and oxygen atoms in total. The zero-order chi connectivity index (χ0) is 27.2. The van der Waals surface area contributed by atoms with Gasteiger partial charge in [-0.05, 0) is 60.5 Å². The van der Waals surface area contributed by atoms with Crippen LogP contribution in [0.4, 0.5) is 11.4 Å². The van der Waals surface area contributed by atoms with E-state index in [2.05, 4.69) is 5.32 Å². The lowest BCUT2D eigenvalue weighted by Gasteiger charge is -2.32. The van der Waals surface area contributed by atoms with Crippen LogP contribution in [0.3, 0.4) is 0 Å². The van der Waals surface area contributed by atoms with Crippen molar-refractivity contribution in [3.63, 3.8) is 0 Å². The first kappa shape index (κ1) is 27.2. The van der Waals surface area contributed by atoms with Gasteiger partial charge in [0.15, 0.2) is 0 Å². The molecule has 0 aromatic heterocycles. The number of nitrogens with zero attached hydrogens (tertiary/aromatic N) is 2. The van der Waals surface area contributed by atoms with Crippen molar-refractivity contribution in [2.24, 2.45) is 0 Å². The highest BCUT2D eigenvalue weighted by atomic mass is 35.5. The predicted octanol–water partition coefficient (Wildman–Crippen LogP) is 7.72. The molecule has 0 aliphatic heterocycles. The Hall–Kier alpha value is -3.80. The molecule has 4 aromatic rings. The molecule has 0 saturated carbocycles. The third kappa shape index (κ3) is 6.18. The standard InChI is InChI=1S/C31H29Cl2N3O2/c1-21(22-11-5-4-6-12-22)36(31(38)26-14-8-10-16-28(26)33)20-23-19-24(17-18-29(23)35(2)3)34-30(37)25-13-7-9-15-27(25)32/h4-19,21H,20H2,1-3H3,(H,34,37)/t21-/m0/s1. The summed E-state index contributed by atoms with van der Waals surface area (Å²) in [4.78, 5) is 30.6. The van der Waals surface area contributed by atoms with Crippen LogP contribution in [0.2, 0.25) is 10.0 Å². The van der Waals surface area contributed by atoms with Crippen LogP contribution < -0.4 is 10.2 Å². The molecule has 0 radical (unpaired) electrons. The average molecular weight is 546 g/mol. The second kappa shape index (κ2) is 12.2. The van der Waals surface area contributed by atoms with Crippen LogP contribution in [0.25, 0.3) is 0 Å². The summed E-state index contributed by atoms with van der Waals surface area (Å²) in [5.74, 6) is -0.483. The summed E-state index contributed by atoms with van der Waals surface area (Å²) in [5, 5.41) is 3.72. The molecule has 4 aromatic carbocycles. The number of rotatable bonds is 8. The summed E-state index contributed by atoms with van der Waals surface area (Å²) >= 11 is 12.7. The number of carbonyl (C=O) groups is 2. The minimum Gasteiger partial charge on any atom is -0.377 e. The Kier molecular flexibility index (Phi) is 8.72. The van der Waals surface area contributed by atoms with Gasteiger partial charge in [0.1, 0.15) is 0 Å². The number of hydrogen-bond donors (Lipinski definition) is 1. The van der Waals surface area contributed by atoms with Gasteiger partial charge in [0.25, 0.3) is 11.8 Å². The Labute approximate surface area is 233 Å². The average Bonchev–Trinajstić information content (AvgIpc) is 2.92. The molecule has 1 N–H and O–H groups in total. The Morgan fingerprint density at radius 1 is 0.789 bits per heavy atom. The van der Waals surface area contributed by atoms with Crippen molar-refractivity contribution in [2.45, 2.75) is 19.5 Å². The highest BCUT2D eigenvalue weighted by Gasteiger charge is 2.26. The van der Waals surface area contributed by atoms with Gasteiger partial charge in [-0.25, -0.2) is 0 Å². The Balaban J connectivity index is 1.72. The van der Waals surface area contributed by atoms with Crippen molar-refractivity contribution in [1.82, 2.24) is 4.90 Å². The van der Waals surface area contributed by atoms with Crippen LogP contribution >= 0.6 is 23.2 Å². The predicted molar refractivity (Wildman–Crippen MR) is 156 cm³/mol. The molecule has 0 saturated heterocycles. The van der Waals surface area contributed by atoms with E-state index in [0.717, 1.165) is 16.8 Å². The molecule has 4 rings (SSSR count). The maximum Gasteiger partial charge on any atom is 0.257 e. The molecule has 7 heteroatoms. The summed E-state index contributed by atoms with van der Waals surface area (Å²) < 4.78 is 0. The van der Waals surface area contributed by atoms with Crippen LogP contribution in [0.1, 0.15) is 44.8 Å². The smallest absolute Gasteiger partial charge is 0.257 e. The summed E-state index contributed by atoms with van der Waals surface area (Å²) in [6, 6.07) is 29.3. The van der Waals surface area contributed by atoms with Gasteiger partial charge in [-0.3, -0.25) is 9.59 Å². The third-order valence-electron chi connectivity index (χ3n) is 6.39. The molecule has 0 spiro atoms. The topological polar surface area (TPSA) is 52.7 Å². The van der Waals surface area contributed by atoms with Gasteiger partial charge in [0, 0.05) is 32.0 Å². The molecule has 194 valence electrons. The highest BCUT2D eigenvalue weighted by Crippen LogP contribution is 2.31. The maximum atomic E-state index is 13.9. The van der Waals surface area contributed by atoms with Crippen molar-refractivity contribution in [3.05, 3.63) is 129 Å². The van der Waals surface area contributed by atoms with E-state index in [1.54, 1.807) is 53.4 Å². The van der Waals surface area contributed by atoms with E-state index in [1.165, 1.54) is 0 Å². The molecular weight excluding hydrogens is 517 g/mol. The SMILES string of the molecule is C[C@@H](c1ccccc1)N(Cc1cc(NC(=O)c2ccccc2Cl)ccc1N(C)C)C(=O)c1ccccc1Cl. The van der Waals surface area contributed by atoms with Crippen molar-refractivity contribution < 1.29 is 9.59 Å². The number of carbonyl (C=O) groups excluding carboxylic acids is 2. The minimum atomic E-state index is -0.305. The lowest BCUT2D eigenvalue weighted by molar-refractivity contribution is 0.0674. The first-order valence-corrected chi connectivity index (χ1v) is 13.0. The Bertz CT molecular complexity index is 1440. The van der Waals surface area contributed by atoms with Crippen LogP contribution in [0.15, 0.2) is 97.1 Å². The molecule has 38 heavy (non-hydrogen) atoms. The highest BCUT2D eigenvalue weighted by molar-refractivity contribution is 6.34. The van der Waals surface area contributed by atoms with E-state index in [-0.39, 0.29) is 17.9 Å². The zero-order valence-electron chi connectivity index (χ0n) is 21.5. The molecule has 0 aliphatic rings. The lowest BCUT2D eigenvalue weighted by atomic mass is 10.0. The van der Waals surface area contributed by atoms with Crippen LogP contribution in [-0.4, -0.2) is 30.8 Å². The first-order chi connectivity index (χ1) is 18.3. The molecule has 2 amide bonds. The van der Waals surface area contributed by atoms with Gasteiger partial charge < -0.3 is 15.1 Å². The fourth-order valence-corrected chi connectivity index (χ4v) is 4.78. The number of hydrogen-bond acceptors (Lipinski definition) is 3. The van der Waals surface area contributed by atoms with Crippen LogP contribution in [0, 0.1) is 0 Å². The van der Waals surface area contributed by atoms with Crippen molar-refractivity contribution in [3.8, 4) is 0 Å². The Morgan fingerprint density at radius 3 is 1.97 bits per heavy atom. The number of anilines is 2. The number of amides is 2. The lowest BCUT2D eigenvalue weighted by Crippen LogP contribution is -2.34. The molecule has 0 fully saturated rings. The van der Waals surface area contributed by atoms with E-state index in [1.807, 2.05) is 74.4 Å². The van der Waals surface area contributed by atoms with Crippen molar-refractivity contribution in [1.29, 1.82) is 0 Å². The quantitative estimate of drug-likeness (QED) is 0.246. The number of halogens is 2. The van der Waals surface area contributed by atoms with Crippen molar-refractivity contribution >= 4 is 46.4 Å². The summed E-state index contributed by atoms with van der Waals surface area (Å²) in [6.45, 7) is 2.30. The maximum absolute atomic E-state index is 13.9. The van der Waals surface area contributed by atoms with E-state index in [0.29, 0.717) is 33.4 Å². The van der Waals surface area contributed by atoms with Gasteiger partial charge in [0.2, 0.25) is 0 Å². The summed E-state index contributed by atoms with van der Waals surface area (Å²) in [6.07, 6.45) is 0. The van der Waals surface area contributed by atoms with Crippen LogP contribution in [-0.2, 0) is 6.54 Å². The largest absolute Gasteiger partial charge is 0.377 e. The molecule has 0 bridgehead atoms. The molecule has 0 aliphatic carbocycles. The third-order valence-corrected chi connectivity index (χ3v) is 7.05. The normalized spacial score (nSPS) is 11.5. The monoisotopic (exact) mass is 545 g/mol. The van der Waals surface area contributed by atoms with Crippen molar-refractivity contribution in [2.75, 3.05) is 24.3 Å². The Morgan fingerprint density at radius 2 is 1.37 bits per heavy atom. The van der Waals surface area contributed by atoms with Gasteiger partial charge in [-0.2, -0.15) is 0 Å². The van der Waals surface area contributed by atoms with E-state index >= 15 is 0 Å². The van der Waals surface area contributed by atoms with E-state index in [9.17, 15) is 9.59 Å². The van der Waals surface area contributed by atoms with Crippen LogP contribution in [0.5, 0.6) is 0 Å². The first-order valence-electron chi connectivity index (χ1n) is 12.2. The molecule has 0 unspecified atom stereocenters. The van der Waals surface area contributed by atoms with Gasteiger partial charge in [-0.15, -0.1) is 0 Å². The fourth-order valence-electron chi connectivity index (χ4n) is 4.34. The van der Waals surface area contributed by atoms with Gasteiger partial charge in [0.05, 0.1) is 27.2 Å². The second-order valence-corrected chi connectivity index (χ2v) is 9.99.